The number of nitrogens with zero attached hydrogens (tertiary/aromatic N) is 5. The van der Waals surface area contributed by atoms with Crippen LogP contribution in [0.3, 0.4) is 0 Å². The number of hydrogen-bond acceptors (Lipinski definition) is 6. The lowest BCUT2D eigenvalue weighted by atomic mass is 9.87. The molecule has 0 unspecified atom stereocenters. The number of anilines is 1. The van der Waals surface area contributed by atoms with E-state index in [1.807, 2.05) is 19.9 Å². The Labute approximate surface area is 193 Å². The Morgan fingerprint density at radius 2 is 2.03 bits per heavy atom. The van der Waals surface area contributed by atoms with Crippen molar-refractivity contribution in [3.63, 3.8) is 0 Å². The second kappa shape index (κ2) is 8.36. The van der Waals surface area contributed by atoms with E-state index in [-0.39, 0.29) is 47.3 Å². The highest BCUT2D eigenvalue weighted by Gasteiger charge is 2.36. The smallest absolute Gasteiger partial charge is 0.280 e. The van der Waals surface area contributed by atoms with Crippen LogP contribution in [-0.2, 0) is 17.9 Å². The fraction of sp³-hybridized carbons (Fsp3) is 0.500. The number of thiazole rings is 1. The van der Waals surface area contributed by atoms with Gasteiger partial charge in [0.05, 0.1) is 24.0 Å². The molecular weight excluding hydrogens is 447 g/mol. The van der Waals surface area contributed by atoms with E-state index >= 15 is 0 Å². The molecule has 0 atom stereocenters. The Morgan fingerprint density at radius 1 is 1.27 bits per heavy atom. The number of rotatable bonds is 5. The highest BCUT2D eigenvalue weighted by atomic mass is 32.1. The van der Waals surface area contributed by atoms with Crippen LogP contribution >= 0.6 is 11.3 Å². The zero-order valence-corrected chi connectivity index (χ0v) is 19.3. The molecule has 0 bridgehead atoms. The first-order valence-corrected chi connectivity index (χ1v) is 12.0. The Morgan fingerprint density at radius 3 is 2.70 bits per heavy atom. The van der Waals surface area contributed by atoms with Crippen molar-refractivity contribution in [2.24, 2.45) is 0 Å². The minimum absolute atomic E-state index is 0.102. The average Bonchev–Trinajstić information content (AvgIpc) is 3.49. The van der Waals surface area contributed by atoms with E-state index in [0.717, 1.165) is 48.9 Å². The van der Waals surface area contributed by atoms with Crippen molar-refractivity contribution in [2.45, 2.75) is 71.0 Å². The molecule has 3 aromatic heterocycles. The summed E-state index contributed by atoms with van der Waals surface area (Å²) in [5.41, 5.74) is 1.47. The predicted octanol–water partition coefficient (Wildman–Crippen LogP) is 3.14. The van der Waals surface area contributed by atoms with Crippen molar-refractivity contribution in [1.29, 1.82) is 0 Å². The van der Waals surface area contributed by atoms with Gasteiger partial charge >= 0.3 is 0 Å². The molecule has 0 aromatic carbocycles. The van der Waals surface area contributed by atoms with E-state index in [1.54, 1.807) is 9.47 Å². The molecule has 1 aliphatic carbocycles. The second-order valence-corrected chi connectivity index (χ2v) is 9.92. The fourth-order valence-corrected chi connectivity index (χ4v) is 5.35. The minimum Gasteiger partial charge on any atom is -0.330 e. The molecule has 2 aliphatic rings. The Balaban J connectivity index is 1.60. The summed E-state index contributed by atoms with van der Waals surface area (Å²) in [6.45, 7) is 3.72. The van der Waals surface area contributed by atoms with Gasteiger partial charge in [0.15, 0.2) is 10.3 Å². The number of halogens is 1. The molecular formula is C22H25FN6O3S. The average molecular weight is 473 g/mol. The summed E-state index contributed by atoms with van der Waals surface area (Å²) >= 11 is 0.724. The number of fused-ring (bicyclic) bond motifs is 2. The van der Waals surface area contributed by atoms with Gasteiger partial charge in [-0.2, -0.15) is 14.0 Å². The van der Waals surface area contributed by atoms with E-state index in [9.17, 15) is 18.8 Å². The number of carbonyl (C=O) groups is 2. The van der Waals surface area contributed by atoms with Gasteiger partial charge in [0.25, 0.3) is 11.5 Å². The molecule has 11 heteroatoms. The number of carbonyl (C=O) groups excluding carboxylic acids is 2. The van der Waals surface area contributed by atoms with E-state index in [1.165, 1.54) is 10.9 Å². The summed E-state index contributed by atoms with van der Waals surface area (Å²) in [6.07, 6.45) is 6.48. The van der Waals surface area contributed by atoms with Crippen LogP contribution in [0, 0.1) is 5.13 Å². The molecule has 174 valence electrons. The number of amides is 2. The SMILES string of the molecule is CC(C)N1Cc2c(n(CC(=O)Nc3ncc(F)s3)c3cc(C4CCCCC4)nn3c2=O)C1=O. The summed E-state index contributed by atoms with van der Waals surface area (Å²) in [6, 6.07) is 1.73. The van der Waals surface area contributed by atoms with Crippen molar-refractivity contribution < 1.29 is 14.0 Å². The summed E-state index contributed by atoms with van der Waals surface area (Å²) in [7, 11) is 0. The standard InChI is InChI=1S/C22H25FN6O3S/c1-12(2)27-10-14-19(21(27)32)28(11-17(30)25-22-24-9-16(23)33-22)18-8-15(26-29(18)20(14)31)13-6-4-3-5-7-13/h8-9,12-13H,3-7,10-11H2,1-2H3,(H,24,25,30). The number of nitrogens with one attached hydrogen (secondary N) is 1. The molecule has 33 heavy (non-hydrogen) atoms. The number of hydrogen-bond donors (Lipinski definition) is 1. The van der Waals surface area contributed by atoms with Gasteiger partial charge in [0.1, 0.15) is 17.9 Å². The highest BCUT2D eigenvalue weighted by Crippen LogP contribution is 2.33. The molecule has 0 spiro atoms. The molecule has 0 radical (unpaired) electrons. The zero-order chi connectivity index (χ0) is 23.3. The first-order chi connectivity index (χ1) is 15.8. The zero-order valence-electron chi connectivity index (χ0n) is 18.5. The van der Waals surface area contributed by atoms with Gasteiger partial charge in [-0.3, -0.25) is 14.4 Å². The quantitative estimate of drug-likeness (QED) is 0.615. The maximum Gasteiger partial charge on any atom is 0.280 e. The second-order valence-electron chi connectivity index (χ2n) is 8.94. The summed E-state index contributed by atoms with van der Waals surface area (Å²) in [5.74, 6) is -0.488. The van der Waals surface area contributed by atoms with Crippen LogP contribution in [0.5, 0.6) is 0 Å². The molecule has 1 fully saturated rings. The fourth-order valence-electron chi connectivity index (χ4n) is 4.79. The van der Waals surface area contributed by atoms with Gasteiger partial charge in [0, 0.05) is 18.0 Å². The maximum atomic E-state index is 13.3. The van der Waals surface area contributed by atoms with E-state index in [0.29, 0.717) is 11.2 Å². The van der Waals surface area contributed by atoms with Crippen LogP contribution in [-0.4, -0.2) is 41.9 Å². The van der Waals surface area contributed by atoms with Crippen LogP contribution in [0.25, 0.3) is 5.65 Å². The van der Waals surface area contributed by atoms with Crippen LogP contribution in [0.4, 0.5) is 9.52 Å². The molecule has 2 amide bonds. The molecule has 5 rings (SSSR count). The molecule has 9 nitrogen and oxygen atoms in total. The highest BCUT2D eigenvalue weighted by molar-refractivity contribution is 7.14. The minimum atomic E-state index is -0.507. The Bertz CT molecular complexity index is 1300. The van der Waals surface area contributed by atoms with Crippen LogP contribution < -0.4 is 10.9 Å². The third-order valence-electron chi connectivity index (χ3n) is 6.46. The summed E-state index contributed by atoms with van der Waals surface area (Å²) < 4.78 is 16.2. The third-order valence-corrected chi connectivity index (χ3v) is 7.16. The molecule has 1 aliphatic heterocycles. The van der Waals surface area contributed by atoms with Gasteiger partial charge in [-0.15, -0.1) is 0 Å². The predicted molar refractivity (Wildman–Crippen MR) is 121 cm³/mol. The lowest BCUT2D eigenvalue weighted by Crippen LogP contribution is -2.32. The van der Waals surface area contributed by atoms with Crippen LogP contribution in [0.1, 0.15) is 73.6 Å². The molecule has 0 saturated heterocycles. The Hall–Kier alpha value is -3.08. The van der Waals surface area contributed by atoms with Crippen molar-refractivity contribution in [2.75, 3.05) is 5.32 Å². The van der Waals surface area contributed by atoms with Crippen molar-refractivity contribution in [1.82, 2.24) is 24.1 Å². The van der Waals surface area contributed by atoms with Gasteiger partial charge in [-0.05, 0) is 26.7 Å². The first-order valence-electron chi connectivity index (χ1n) is 11.2. The van der Waals surface area contributed by atoms with Gasteiger partial charge in [-0.1, -0.05) is 30.6 Å². The summed E-state index contributed by atoms with van der Waals surface area (Å²) in [5, 5.41) is 6.83. The first kappa shape index (κ1) is 21.7. The maximum absolute atomic E-state index is 13.3. The van der Waals surface area contributed by atoms with E-state index < -0.39 is 11.0 Å². The van der Waals surface area contributed by atoms with Crippen molar-refractivity contribution in [3.05, 3.63) is 44.7 Å². The van der Waals surface area contributed by atoms with Crippen LogP contribution in [0.15, 0.2) is 17.1 Å². The Kier molecular flexibility index (Phi) is 5.51. The van der Waals surface area contributed by atoms with Gasteiger partial charge in [-0.25, -0.2) is 4.98 Å². The van der Waals surface area contributed by atoms with Crippen molar-refractivity contribution >= 4 is 33.9 Å². The van der Waals surface area contributed by atoms with Gasteiger partial charge in [0.2, 0.25) is 5.91 Å². The topological polar surface area (TPSA) is 102 Å². The van der Waals surface area contributed by atoms with Crippen LogP contribution in [0.2, 0.25) is 0 Å². The van der Waals surface area contributed by atoms with E-state index in [2.05, 4.69) is 15.4 Å². The van der Waals surface area contributed by atoms with Gasteiger partial charge < -0.3 is 14.8 Å². The third kappa shape index (κ3) is 3.84. The molecule has 3 aromatic rings. The lowest BCUT2D eigenvalue weighted by Gasteiger charge is -2.20. The summed E-state index contributed by atoms with van der Waals surface area (Å²) in [4.78, 5) is 44.8. The lowest BCUT2D eigenvalue weighted by molar-refractivity contribution is -0.116. The van der Waals surface area contributed by atoms with Crippen molar-refractivity contribution in [3.8, 4) is 0 Å². The normalized spacial score (nSPS) is 16.7. The largest absolute Gasteiger partial charge is 0.330 e. The number of aromatic nitrogens is 4. The molecule has 1 saturated carbocycles. The molecule has 1 N–H and O–H groups in total. The monoisotopic (exact) mass is 472 g/mol. The van der Waals surface area contributed by atoms with E-state index in [4.69, 9.17) is 0 Å². The molecule has 4 heterocycles.